The molecular formula is C14H16N2O4S. The van der Waals surface area contributed by atoms with Gasteiger partial charge in [-0.05, 0) is 25.3 Å². The van der Waals surface area contributed by atoms with Crippen LogP contribution in [0.15, 0.2) is 28.1 Å². The fourth-order valence-corrected chi connectivity index (χ4v) is 2.54. The Kier molecular flexibility index (Phi) is 4.74. The minimum Gasteiger partial charge on any atom is -0.481 e. The smallest absolute Gasteiger partial charge is 0.305 e. The number of aliphatic carboxylic acids is 1. The van der Waals surface area contributed by atoms with Crippen LogP contribution in [0, 0.1) is 0 Å². The zero-order valence-corrected chi connectivity index (χ0v) is 12.6. The van der Waals surface area contributed by atoms with Crippen molar-refractivity contribution in [3.8, 4) is 10.6 Å². The van der Waals surface area contributed by atoms with Crippen molar-refractivity contribution in [2.75, 3.05) is 6.54 Å². The van der Waals surface area contributed by atoms with Crippen LogP contribution in [-0.2, 0) is 4.79 Å². The Hall–Kier alpha value is -2.15. The fourth-order valence-electron chi connectivity index (χ4n) is 1.87. The second-order valence-corrected chi connectivity index (χ2v) is 5.74. The minimum absolute atomic E-state index is 0.0977. The Labute approximate surface area is 126 Å². The second-order valence-electron chi connectivity index (χ2n) is 4.79. The molecule has 0 aliphatic carbocycles. The third-order valence-electron chi connectivity index (χ3n) is 2.94. The van der Waals surface area contributed by atoms with E-state index in [4.69, 9.17) is 9.63 Å². The lowest BCUT2D eigenvalue weighted by Crippen LogP contribution is -2.38. The van der Waals surface area contributed by atoms with Gasteiger partial charge in [0.1, 0.15) is 0 Å². The van der Waals surface area contributed by atoms with E-state index in [2.05, 4.69) is 5.16 Å². The summed E-state index contributed by atoms with van der Waals surface area (Å²) < 4.78 is 5.18. The van der Waals surface area contributed by atoms with Crippen molar-refractivity contribution in [3.63, 3.8) is 0 Å². The number of amides is 1. The van der Waals surface area contributed by atoms with E-state index >= 15 is 0 Å². The molecule has 0 saturated carbocycles. The maximum Gasteiger partial charge on any atom is 0.305 e. The van der Waals surface area contributed by atoms with E-state index in [-0.39, 0.29) is 30.6 Å². The lowest BCUT2D eigenvalue weighted by atomic mass is 10.2. The molecule has 7 heteroatoms. The average molecular weight is 308 g/mol. The summed E-state index contributed by atoms with van der Waals surface area (Å²) in [6.07, 6.45) is -0.0977. The van der Waals surface area contributed by atoms with Crippen LogP contribution in [0.4, 0.5) is 0 Å². The first kappa shape index (κ1) is 15.2. The van der Waals surface area contributed by atoms with Gasteiger partial charge in [0.25, 0.3) is 5.91 Å². The van der Waals surface area contributed by atoms with Gasteiger partial charge in [-0.1, -0.05) is 11.2 Å². The van der Waals surface area contributed by atoms with Gasteiger partial charge in [-0.2, -0.15) is 0 Å². The summed E-state index contributed by atoms with van der Waals surface area (Å²) in [6.45, 7) is 3.81. The van der Waals surface area contributed by atoms with Crippen LogP contribution >= 0.6 is 11.3 Å². The number of nitrogens with zero attached hydrogens (tertiary/aromatic N) is 2. The molecule has 0 radical (unpaired) electrons. The van der Waals surface area contributed by atoms with Gasteiger partial charge in [-0.25, -0.2) is 0 Å². The van der Waals surface area contributed by atoms with Crippen molar-refractivity contribution >= 4 is 23.2 Å². The molecule has 21 heavy (non-hydrogen) atoms. The molecule has 2 aromatic rings. The van der Waals surface area contributed by atoms with E-state index in [9.17, 15) is 9.59 Å². The number of thiophene rings is 1. The lowest BCUT2D eigenvalue weighted by Gasteiger charge is -2.24. The van der Waals surface area contributed by atoms with E-state index in [1.54, 1.807) is 6.07 Å². The van der Waals surface area contributed by atoms with Gasteiger partial charge in [0.05, 0.1) is 11.3 Å². The predicted octanol–water partition coefficient (Wildman–Crippen LogP) is 2.73. The van der Waals surface area contributed by atoms with Crippen LogP contribution in [-0.4, -0.2) is 39.6 Å². The van der Waals surface area contributed by atoms with E-state index < -0.39 is 5.97 Å². The van der Waals surface area contributed by atoms with Crippen molar-refractivity contribution < 1.29 is 19.2 Å². The highest BCUT2D eigenvalue weighted by Crippen LogP contribution is 2.25. The Bertz CT molecular complexity index is 619. The molecule has 0 spiro atoms. The van der Waals surface area contributed by atoms with Crippen molar-refractivity contribution in [1.82, 2.24) is 10.1 Å². The average Bonchev–Trinajstić information content (AvgIpc) is 3.09. The monoisotopic (exact) mass is 308 g/mol. The van der Waals surface area contributed by atoms with Gasteiger partial charge in [-0.3, -0.25) is 9.59 Å². The highest BCUT2D eigenvalue weighted by molar-refractivity contribution is 7.13. The van der Waals surface area contributed by atoms with Crippen LogP contribution in [0.2, 0.25) is 0 Å². The maximum atomic E-state index is 12.4. The highest BCUT2D eigenvalue weighted by Gasteiger charge is 2.23. The summed E-state index contributed by atoms with van der Waals surface area (Å²) in [4.78, 5) is 25.4. The molecule has 0 saturated heterocycles. The van der Waals surface area contributed by atoms with E-state index in [0.29, 0.717) is 5.76 Å². The molecule has 6 nitrogen and oxygen atoms in total. The Morgan fingerprint density at radius 3 is 2.81 bits per heavy atom. The number of carboxylic acid groups (broad SMARTS) is 1. The zero-order chi connectivity index (χ0) is 15.4. The van der Waals surface area contributed by atoms with Crippen molar-refractivity contribution in [3.05, 3.63) is 29.3 Å². The molecule has 0 aromatic carbocycles. The molecule has 0 fully saturated rings. The van der Waals surface area contributed by atoms with Gasteiger partial charge in [0.2, 0.25) is 0 Å². The van der Waals surface area contributed by atoms with Crippen LogP contribution < -0.4 is 0 Å². The number of hydrogen-bond acceptors (Lipinski definition) is 5. The van der Waals surface area contributed by atoms with Crippen molar-refractivity contribution in [1.29, 1.82) is 0 Å². The number of carboxylic acids is 1. The SMILES string of the molecule is CC(C)N(CCC(=O)O)C(=O)c1cc(-c2cccs2)on1. The van der Waals surface area contributed by atoms with Crippen molar-refractivity contribution in [2.24, 2.45) is 0 Å². The van der Waals surface area contributed by atoms with E-state index in [1.165, 1.54) is 16.2 Å². The van der Waals surface area contributed by atoms with Crippen LogP contribution in [0.5, 0.6) is 0 Å². The van der Waals surface area contributed by atoms with Gasteiger partial charge < -0.3 is 14.5 Å². The summed E-state index contributed by atoms with van der Waals surface area (Å²) >= 11 is 1.49. The normalized spacial score (nSPS) is 10.8. The summed E-state index contributed by atoms with van der Waals surface area (Å²) in [5, 5.41) is 14.5. The predicted molar refractivity (Wildman–Crippen MR) is 78.2 cm³/mol. The largest absolute Gasteiger partial charge is 0.481 e. The molecule has 0 aliphatic rings. The van der Waals surface area contributed by atoms with Crippen LogP contribution in [0.3, 0.4) is 0 Å². The van der Waals surface area contributed by atoms with Crippen LogP contribution in [0.1, 0.15) is 30.8 Å². The number of hydrogen-bond donors (Lipinski definition) is 1. The first-order valence-electron chi connectivity index (χ1n) is 6.52. The summed E-state index contributed by atoms with van der Waals surface area (Å²) in [6, 6.07) is 5.24. The quantitative estimate of drug-likeness (QED) is 0.887. The molecule has 2 rings (SSSR count). The molecule has 0 bridgehead atoms. The third-order valence-corrected chi connectivity index (χ3v) is 3.83. The van der Waals surface area contributed by atoms with Gasteiger partial charge in [0.15, 0.2) is 11.5 Å². The van der Waals surface area contributed by atoms with Gasteiger partial charge >= 0.3 is 5.97 Å². The molecule has 1 amide bonds. The first-order chi connectivity index (χ1) is 9.99. The Morgan fingerprint density at radius 1 is 1.48 bits per heavy atom. The van der Waals surface area contributed by atoms with Gasteiger partial charge in [0, 0.05) is 18.7 Å². The minimum atomic E-state index is -0.937. The number of rotatable bonds is 6. The third kappa shape index (κ3) is 3.69. The topological polar surface area (TPSA) is 83.6 Å². The highest BCUT2D eigenvalue weighted by atomic mass is 32.1. The standard InChI is InChI=1S/C14H16N2O4S/c1-9(2)16(6-5-13(17)18)14(19)10-8-11(20-15-10)12-4-3-7-21-12/h3-4,7-9H,5-6H2,1-2H3,(H,17,18). The van der Waals surface area contributed by atoms with Crippen LogP contribution in [0.25, 0.3) is 10.6 Å². The second kappa shape index (κ2) is 6.53. The molecular weight excluding hydrogens is 292 g/mol. The maximum absolute atomic E-state index is 12.4. The first-order valence-corrected chi connectivity index (χ1v) is 7.40. The summed E-state index contributed by atoms with van der Waals surface area (Å²) in [7, 11) is 0. The number of carbonyl (C=O) groups is 2. The zero-order valence-electron chi connectivity index (χ0n) is 11.8. The molecule has 2 heterocycles. The molecule has 2 aromatic heterocycles. The van der Waals surface area contributed by atoms with Gasteiger partial charge in [-0.15, -0.1) is 11.3 Å². The fraction of sp³-hybridized carbons (Fsp3) is 0.357. The molecule has 0 unspecified atom stereocenters. The molecule has 0 atom stereocenters. The summed E-state index contributed by atoms with van der Waals surface area (Å²) in [5.41, 5.74) is 0.192. The summed E-state index contributed by atoms with van der Waals surface area (Å²) in [5.74, 6) is -0.721. The molecule has 112 valence electrons. The van der Waals surface area contributed by atoms with E-state index in [1.807, 2.05) is 31.4 Å². The number of carbonyl (C=O) groups excluding carboxylic acids is 1. The molecule has 0 aliphatic heterocycles. The molecule has 1 N–H and O–H groups in total. The number of aromatic nitrogens is 1. The Balaban J connectivity index is 2.15. The Morgan fingerprint density at radius 2 is 2.24 bits per heavy atom. The lowest BCUT2D eigenvalue weighted by molar-refractivity contribution is -0.137. The van der Waals surface area contributed by atoms with E-state index in [0.717, 1.165) is 4.88 Å². The van der Waals surface area contributed by atoms with Crippen molar-refractivity contribution in [2.45, 2.75) is 26.3 Å².